The molecule has 1 heterocycles. The minimum atomic E-state index is -0.940. The van der Waals surface area contributed by atoms with Crippen LogP contribution in [0.25, 0.3) is 0 Å². The molecule has 0 bridgehead atoms. The maximum atomic E-state index is 13.8. The number of piperidine rings is 1. The summed E-state index contributed by atoms with van der Waals surface area (Å²) in [5.74, 6) is -1.24. The Kier molecular flexibility index (Phi) is 7.07. The van der Waals surface area contributed by atoms with E-state index < -0.39 is 11.9 Å². The molecule has 4 rings (SSSR count). The van der Waals surface area contributed by atoms with Crippen molar-refractivity contribution in [2.24, 2.45) is 17.3 Å². The van der Waals surface area contributed by atoms with Crippen LogP contribution in [-0.4, -0.2) is 28.4 Å². The highest BCUT2D eigenvalue weighted by Crippen LogP contribution is 2.49. The average molecular weight is 488 g/mol. The molecule has 1 saturated carbocycles. The number of hydrogen-bond donors (Lipinski definition) is 1. The highest BCUT2D eigenvalue weighted by atomic mass is 35.5. The summed E-state index contributed by atoms with van der Waals surface area (Å²) in [5.41, 5.74) is 2.19. The van der Waals surface area contributed by atoms with Gasteiger partial charge in [-0.3, -0.25) is 9.59 Å². The van der Waals surface area contributed by atoms with Crippen molar-refractivity contribution >= 4 is 35.1 Å². The van der Waals surface area contributed by atoms with Crippen LogP contribution in [-0.2, 0) is 9.59 Å². The summed E-state index contributed by atoms with van der Waals surface area (Å²) >= 11 is 12.5. The van der Waals surface area contributed by atoms with Crippen molar-refractivity contribution in [1.82, 2.24) is 4.90 Å². The van der Waals surface area contributed by atoms with Crippen molar-refractivity contribution in [2.45, 2.75) is 57.9 Å². The molecule has 1 aliphatic carbocycles. The van der Waals surface area contributed by atoms with Crippen molar-refractivity contribution in [1.29, 1.82) is 0 Å². The van der Waals surface area contributed by atoms with Gasteiger partial charge in [0, 0.05) is 28.4 Å². The van der Waals surface area contributed by atoms with Crippen LogP contribution in [0, 0.1) is 17.3 Å². The van der Waals surface area contributed by atoms with Crippen LogP contribution < -0.4 is 0 Å². The maximum Gasteiger partial charge on any atom is 0.304 e. The lowest BCUT2D eigenvalue weighted by Crippen LogP contribution is -2.50. The number of amides is 1. The molecule has 0 spiro atoms. The zero-order valence-electron chi connectivity index (χ0n) is 19.1. The summed E-state index contributed by atoms with van der Waals surface area (Å²) in [6.45, 7) is 5.19. The first-order valence-electron chi connectivity index (χ1n) is 11.7. The molecule has 2 aromatic carbocycles. The topological polar surface area (TPSA) is 57.6 Å². The number of carboxylic acids is 1. The van der Waals surface area contributed by atoms with Crippen LogP contribution in [0.4, 0.5) is 0 Å². The normalized spacial score (nSPS) is 27.0. The zero-order valence-corrected chi connectivity index (χ0v) is 20.6. The Morgan fingerprint density at radius 3 is 2.42 bits per heavy atom. The summed E-state index contributed by atoms with van der Waals surface area (Å²) in [4.78, 5) is 27.4. The number of benzene rings is 2. The van der Waals surface area contributed by atoms with Gasteiger partial charge < -0.3 is 10.0 Å². The van der Waals surface area contributed by atoms with E-state index in [-0.39, 0.29) is 29.7 Å². The Balaban J connectivity index is 1.80. The van der Waals surface area contributed by atoms with Crippen molar-refractivity contribution in [3.63, 3.8) is 0 Å². The van der Waals surface area contributed by atoms with Crippen molar-refractivity contribution < 1.29 is 14.7 Å². The molecule has 176 valence electrons. The Hall–Kier alpha value is -2.04. The summed E-state index contributed by atoms with van der Waals surface area (Å²) < 4.78 is 0. The van der Waals surface area contributed by atoms with Gasteiger partial charge in [0.25, 0.3) is 0 Å². The van der Waals surface area contributed by atoms with Gasteiger partial charge in [-0.2, -0.15) is 0 Å². The smallest absolute Gasteiger partial charge is 0.304 e. The van der Waals surface area contributed by atoms with Crippen molar-refractivity contribution in [3.05, 3.63) is 69.7 Å². The standard InChI is InChI=1S/C27H31Cl2NO3/c1-27(2)12-4-6-20(27)16-30-25(17-8-10-21(28)11-9-17)23(18-5-3-7-22(29)13-18)14-19(26(30)33)15-24(31)32/h3,5,7-11,13,19-20,23,25H,4,6,12,14-16H2,1-2H3,(H,31,32)/t19-,20?,23-,25-/m1/s1. The van der Waals surface area contributed by atoms with E-state index in [9.17, 15) is 14.7 Å². The minimum absolute atomic E-state index is 0.0571. The van der Waals surface area contributed by atoms with Crippen LogP contribution in [0.5, 0.6) is 0 Å². The fourth-order valence-electron chi connectivity index (χ4n) is 5.81. The number of carboxylic acid groups (broad SMARTS) is 1. The number of hydrogen-bond acceptors (Lipinski definition) is 2. The van der Waals surface area contributed by atoms with Gasteiger partial charge in [0.1, 0.15) is 0 Å². The molecule has 1 unspecified atom stereocenters. The molecule has 2 aliphatic rings. The third-order valence-electron chi connectivity index (χ3n) is 7.69. The first-order valence-corrected chi connectivity index (χ1v) is 12.4. The number of rotatable bonds is 6. The molecule has 1 aliphatic heterocycles. The van der Waals surface area contributed by atoms with E-state index in [0.717, 1.165) is 30.4 Å². The molecular formula is C27H31Cl2NO3. The summed E-state index contributed by atoms with van der Waals surface area (Å²) in [6.07, 6.45) is 3.69. The monoisotopic (exact) mass is 487 g/mol. The largest absolute Gasteiger partial charge is 0.481 e. The van der Waals surface area contributed by atoms with Crippen LogP contribution in [0.2, 0.25) is 10.0 Å². The Morgan fingerprint density at radius 2 is 1.82 bits per heavy atom. The SMILES string of the molecule is CC1(C)CCCC1CN1C(=O)[C@@H](CC(=O)O)C[C@H](c2cccc(Cl)c2)[C@H]1c1ccc(Cl)cc1. The molecule has 33 heavy (non-hydrogen) atoms. The van der Waals surface area contributed by atoms with Gasteiger partial charge in [-0.15, -0.1) is 0 Å². The molecule has 4 nitrogen and oxygen atoms in total. The average Bonchev–Trinajstić information content (AvgIpc) is 3.09. The highest BCUT2D eigenvalue weighted by Gasteiger charge is 2.46. The number of halogens is 2. The predicted molar refractivity (Wildman–Crippen MR) is 132 cm³/mol. The lowest BCUT2D eigenvalue weighted by Gasteiger charge is -2.47. The van der Waals surface area contributed by atoms with Gasteiger partial charge in [0.2, 0.25) is 5.91 Å². The van der Waals surface area contributed by atoms with E-state index in [0.29, 0.717) is 28.9 Å². The second-order valence-corrected chi connectivity index (χ2v) is 11.1. The third-order valence-corrected chi connectivity index (χ3v) is 8.18. The lowest BCUT2D eigenvalue weighted by molar-refractivity contribution is -0.150. The van der Waals surface area contributed by atoms with E-state index in [1.165, 1.54) is 0 Å². The molecule has 2 aromatic rings. The predicted octanol–water partition coefficient (Wildman–Crippen LogP) is 6.97. The second kappa shape index (κ2) is 9.68. The van der Waals surface area contributed by atoms with Gasteiger partial charge >= 0.3 is 5.97 Å². The van der Waals surface area contributed by atoms with E-state index in [1.807, 2.05) is 53.4 Å². The molecule has 2 fully saturated rings. The maximum absolute atomic E-state index is 13.8. The van der Waals surface area contributed by atoms with Crippen LogP contribution in [0.1, 0.15) is 69.0 Å². The van der Waals surface area contributed by atoms with E-state index in [4.69, 9.17) is 23.2 Å². The van der Waals surface area contributed by atoms with E-state index in [2.05, 4.69) is 13.8 Å². The van der Waals surface area contributed by atoms with Gasteiger partial charge in [-0.1, -0.05) is 67.7 Å². The first-order chi connectivity index (χ1) is 15.7. The Labute approximate surface area is 205 Å². The molecule has 1 amide bonds. The molecule has 6 heteroatoms. The molecule has 0 aromatic heterocycles. The summed E-state index contributed by atoms with van der Waals surface area (Å²) in [5, 5.41) is 10.8. The van der Waals surface area contributed by atoms with Gasteiger partial charge in [-0.25, -0.2) is 0 Å². The second-order valence-electron chi connectivity index (χ2n) is 10.3. The highest BCUT2D eigenvalue weighted by molar-refractivity contribution is 6.30. The van der Waals surface area contributed by atoms with Gasteiger partial charge in [0.15, 0.2) is 0 Å². The number of nitrogens with zero attached hydrogens (tertiary/aromatic N) is 1. The van der Waals surface area contributed by atoms with Crippen LogP contribution in [0.15, 0.2) is 48.5 Å². The fourth-order valence-corrected chi connectivity index (χ4v) is 6.14. The van der Waals surface area contributed by atoms with E-state index in [1.54, 1.807) is 0 Å². The van der Waals surface area contributed by atoms with Crippen LogP contribution in [0.3, 0.4) is 0 Å². The molecular weight excluding hydrogens is 457 g/mol. The lowest BCUT2D eigenvalue weighted by atomic mass is 9.73. The quantitative estimate of drug-likeness (QED) is 0.478. The van der Waals surface area contributed by atoms with Gasteiger partial charge in [-0.05, 0) is 66.0 Å². The Morgan fingerprint density at radius 1 is 1.09 bits per heavy atom. The summed E-state index contributed by atoms with van der Waals surface area (Å²) in [7, 11) is 0. The third kappa shape index (κ3) is 5.22. The molecule has 1 N–H and O–H groups in total. The molecule has 1 saturated heterocycles. The number of aliphatic carboxylic acids is 1. The Bertz CT molecular complexity index is 1020. The van der Waals surface area contributed by atoms with Gasteiger partial charge in [0.05, 0.1) is 12.5 Å². The summed E-state index contributed by atoms with van der Waals surface area (Å²) in [6, 6.07) is 15.2. The molecule has 0 radical (unpaired) electrons. The van der Waals surface area contributed by atoms with Crippen molar-refractivity contribution in [2.75, 3.05) is 6.54 Å². The van der Waals surface area contributed by atoms with E-state index >= 15 is 0 Å². The van der Waals surface area contributed by atoms with Crippen LogP contribution >= 0.6 is 23.2 Å². The minimum Gasteiger partial charge on any atom is -0.481 e. The zero-order chi connectivity index (χ0) is 23.8. The molecule has 4 atom stereocenters. The number of carbonyl (C=O) groups excluding carboxylic acids is 1. The van der Waals surface area contributed by atoms with Crippen molar-refractivity contribution in [3.8, 4) is 0 Å². The fraction of sp³-hybridized carbons (Fsp3) is 0.481. The number of carbonyl (C=O) groups is 2. The first kappa shape index (κ1) is 24.1. The number of likely N-dealkylation sites (tertiary alicyclic amines) is 1.